The van der Waals surface area contributed by atoms with Crippen LogP contribution >= 0.6 is 0 Å². The number of hydrogen-bond acceptors (Lipinski definition) is 2. The minimum atomic E-state index is 0.443. The smallest absolute Gasteiger partial charge is 0.0401 e. The Morgan fingerprint density at radius 2 is 2.08 bits per heavy atom. The first-order valence-electron chi connectivity index (χ1n) is 4.76. The van der Waals surface area contributed by atoms with Crippen molar-refractivity contribution in [2.75, 3.05) is 14.1 Å². The maximum Gasteiger partial charge on any atom is 0.0401 e. The van der Waals surface area contributed by atoms with Gasteiger partial charge in [-0.2, -0.15) is 0 Å². The molecule has 0 amide bonds. The SMILES string of the molecule is CCc1ccc(C(C)N(C)C)cn1. The van der Waals surface area contributed by atoms with Crippen molar-refractivity contribution in [3.63, 3.8) is 0 Å². The van der Waals surface area contributed by atoms with Gasteiger partial charge in [0, 0.05) is 17.9 Å². The van der Waals surface area contributed by atoms with Crippen LogP contribution in [0.4, 0.5) is 0 Å². The summed E-state index contributed by atoms with van der Waals surface area (Å²) in [4.78, 5) is 6.56. The standard InChI is InChI=1S/C11H18N2/c1-5-11-7-6-10(8-12-11)9(2)13(3)4/h6-9H,5H2,1-4H3. The van der Waals surface area contributed by atoms with E-state index in [2.05, 4.69) is 50.0 Å². The molecule has 2 heteroatoms. The minimum absolute atomic E-state index is 0.443. The number of nitrogens with zero attached hydrogens (tertiary/aromatic N) is 2. The van der Waals surface area contributed by atoms with Gasteiger partial charge in [0.25, 0.3) is 0 Å². The molecule has 1 aromatic rings. The number of aryl methyl sites for hydroxylation is 1. The van der Waals surface area contributed by atoms with Crippen molar-refractivity contribution < 1.29 is 0 Å². The van der Waals surface area contributed by atoms with Crippen molar-refractivity contribution in [2.24, 2.45) is 0 Å². The van der Waals surface area contributed by atoms with E-state index in [1.54, 1.807) is 0 Å². The van der Waals surface area contributed by atoms with Gasteiger partial charge in [-0.05, 0) is 39.1 Å². The summed E-state index contributed by atoms with van der Waals surface area (Å²) in [5, 5.41) is 0. The van der Waals surface area contributed by atoms with Crippen LogP contribution in [-0.4, -0.2) is 24.0 Å². The molecule has 0 bridgehead atoms. The van der Waals surface area contributed by atoms with Crippen LogP contribution in [-0.2, 0) is 6.42 Å². The van der Waals surface area contributed by atoms with E-state index in [1.165, 1.54) is 5.56 Å². The van der Waals surface area contributed by atoms with Gasteiger partial charge in [0.1, 0.15) is 0 Å². The molecule has 0 aliphatic rings. The molecule has 0 saturated heterocycles. The van der Waals surface area contributed by atoms with Gasteiger partial charge in [0.2, 0.25) is 0 Å². The van der Waals surface area contributed by atoms with E-state index < -0.39 is 0 Å². The predicted octanol–water partition coefficient (Wildman–Crippen LogP) is 2.27. The molecule has 1 rings (SSSR count). The van der Waals surface area contributed by atoms with Gasteiger partial charge in [0.05, 0.1) is 0 Å². The summed E-state index contributed by atoms with van der Waals surface area (Å²) in [5.74, 6) is 0. The zero-order chi connectivity index (χ0) is 9.84. The molecule has 1 unspecified atom stereocenters. The third-order valence-corrected chi connectivity index (χ3v) is 2.47. The van der Waals surface area contributed by atoms with Crippen LogP contribution in [0.15, 0.2) is 18.3 Å². The monoisotopic (exact) mass is 178 g/mol. The molecule has 0 spiro atoms. The number of hydrogen-bond donors (Lipinski definition) is 0. The maximum atomic E-state index is 4.37. The molecular formula is C11H18N2. The lowest BCUT2D eigenvalue weighted by atomic mass is 10.1. The van der Waals surface area contributed by atoms with Gasteiger partial charge >= 0.3 is 0 Å². The van der Waals surface area contributed by atoms with Gasteiger partial charge in [0.15, 0.2) is 0 Å². The van der Waals surface area contributed by atoms with Crippen molar-refractivity contribution >= 4 is 0 Å². The van der Waals surface area contributed by atoms with E-state index >= 15 is 0 Å². The van der Waals surface area contributed by atoms with E-state index in [4.69, 9.17) is 0 Å². The van der Waals surface area contributed by atoms with Crippen LogP contribution in [0.3, 0.4) is 0 Å². The van der Waals surface area contributed by atoms with Crippen molar-refractivity contribution in [2.45, 2.75) is 26.3 Å². The normalized spacial score (nSPS) is 13.3. The summed E-state index contributed by atoms with van der Waals surface area (Å²) in [6.07, 6.45) is 2.99. The molecule has 1 aromatic heterocycles. The first-order chi connectivity index (χ1) is 6.15. The number of aromatic nitrogens is 1. The average molecular weight is 178 g/mol. The Kier molecular flexibility index (Phi) is 3.43. The average Bonchev–Trinajstić information content (AvgIpc) is 2.17. The highest BCUT2D eigenvalue weighted by atomic mass is 15.1. The Morgan fingerprint density at radius 3 is 2.46 bits per heavy atom. The van der Waals surface area contributed by atoms with Gasteiger partial charge in [-0.25, -0.2) is 0 Å². The third kappa shape index (κ3) is 2.52. The fraction of sp³-hybridized carbons (Fsp3) is 0.545. The largest absolute Gasteiger partial charge is 0.303 e. The van der Waals surface area contributed by atoms with E-state index in [0.29, 0.717) is 6.04 Å². The fourth-order valence-electron chi connectivity index (χ4n) is 1.19. The predicted molar refractivity (Wildman–Crippen MR) is 55.7 cm³/mol. The molecule has 2 nitrogen and oxygen atoms in total. The van der Waals surface area contributed by atoms with Gasteiger partial charge in [-0.3, -0.25) is 4.98 Å². The van der Waals surface area contributed by atoms with Gasteiger partial charge in [-0.1, -0.05) is 13.0 Å². The topological polar surface area (TPSA) is 16.1 Å². The Hall–Kier alpha value is -0.890. The molecule has 0 N–H and O–H groups in total. The highest BCUT2D eigenvalue weighted by molar-refractivity contribution is 5.17. The second kappa shape index (κ2) is 4.38. The van der Waals surface area contributed by atoms with Crippen molar-refractivity contribution in [3.8, 4) is 0 Å². The molecular weight excluding hydrogens is 160 g/mol. The molecule has 72 valence electrons. The molecule has 1 atom stereocenters. The Labute approximate surface area is 80.6 Å². The lowest BCUT2D eigenvalue weighted by molar-refractivity contribution is 0.320. The fourth-order valence-corrected chi connectivity index (χ4v) is 1.19. The summed E-state index contributed by atoms with van der Waals surface area (Å²) in [7, 11) is 4.16. The number of rotatable bonds is 3. The van der Waals surface area contributed by atoms with Crippen LogP contribution in [0.2, 0.25) is 0 Å². The van der Waals surface area contributed by atoms with E-state index in [9.17, 15) is 0 Å². The molecule has 0 fully saturated rings. The van der Waals surface area contributed by atoms with E-state index in [0.717, 1.165) is 12.1 Å². The summed E-state index contributed by atoms with van der Waals surface area (Å²) in [6.45, 7) is 4.31. The summed E-state index contributed by atoms with van der Waals surface area (Å²) in [5.41, 5.74) is 2.44. The Balaban J connectivity index is 2.79. The van der Waals surface area contributed by atoms with E-state index in [1.807, 2.05) is 6.20 Å². The van der Waals surface area contributed by atoms with Crippen LogP contribution < -0.4 is 0 Å². The summed E-state index contributed by atoms with van der Waals surface area (Å²) in [6, 6.07) is 4.71. The minimum Gasteiger partial charge on any atom is -0.303 e. The maximum absolute atomic E-state index is 4.37. The Bertz CT molecular complexity index is 251. The van der Waals surface area contributed by atoms with Crippen LogP contribution in [0.5, 0.6) is 0 Å². The zero-order valence-corrected chi connectivity index (χ0v) is 8.91. The lowest BCUT2D eigenvalue weighted by Gasteiger charge is -2.19. The second-order valence-corrected chi connectivity index (χ2v) is 3.58. The quantitative estimate of drug-likeness (QED) is 0.706. The van der Waals surface area contributed by atoms with Crippen molar-refractivity contribution in [3.05, 3.63) is 29.6 Å². The lowest BCUT2D eigenvalue weighted by Crippen LogP contribution is -2.16. The van der Waals surface area contributed by atoms with Gasteiger partial charge < -0.3 is 4.90 Å². The molecule has 0 aromatic carbocycles. The highest BCUT2D eigenvalue weighted by Gasteiger charge is 2.06. The first-order valence-corrected chi connectivity index (χ1v) is 4.76. The summed E-state index contributed by atoms with van der Waals surface area (Å²) < 4.78 is 0. The zero-order valence-electron chi connectivity index (χ0n) is 8.91. The van der Waals surface area contributed by atoms with E-state index in [-0.39, 0.29) is 0 Å². The highest BCUT2D eigenvalue weighted by Crippen LogP contribution is 2.15. The first kappa shape index (κ1) is 10.2. The Morgan fingerprint density at radius 1 is 1.38 bits per heavy atom. The summed E-state index contributed by atoms with van der Waals surface area (Å²) >= 11 is 0. The molecule has 0 aliphatic heterocycles. The molecule has 0 radical (unpaired) electrons. The second-order valence-electron chi connectivity index (χ2n) is 3.58. The van der Waals surface area contributed by atoms with Crippen molar-refractivity contribution in [1.29, 1.82) is 0 Å². The van der Waals surface area contributed by atoms with Crippen LogP contribution in [0, 0.1) is 0 Å². The number of pyridine rings is 1. The van der Waals surface area contributed by atoms with Crippen LogP contribution in [0.25, 0.3) is 0 Å². The molecule has 13 heavy (non-hydrogen) atoms. The molecule has 0 saturated carbocycles. The van der Waals surface area contributed by atoms with Gasteiger partial charge in [-0.15, -0.1) is 0 Å². The van der Waals surface area contributed by atoms with Crippen molar-refractivity contribution in [1.82, 2.24) is 9.88 Å². The molecule has 1 heterocycles. The van der Waals surface area contributed by atoms with Crippen LogP contribution in [0.1, 0.15) is 31.1 Å². The third-order valence-electron chi connectivity index (χ3n) is 2.47. The molecule has 0 aliphatic carbocycles.